The smallest absolute Gasteiger partial charge is 0.410 e. The number of fused-ring (bicyclic) bond motifs is 1. The van der Waals surface area contributed by atoms with Crippen molar-refractivity contribution in [2.45, 2.75) is 38.8 Å². The summed E-state index contributed by atoms with van der Waals surface area (Å²) in [5.41, 5.74) is 1.03. The average Bonchev–Trinajstić information content (AvgIpc) is 2.77. The minimum Gasteiger partial charge on any atom is -0.480 e. The van der Waals surface area contributed by atoms with Gasteiger partial charge < -0.3 is 14.8 Å². The van der Waals surface area contributed by atoms with Gasteiger partial charge in [0.05, 0.1) is 4.60 Å². The molecule has 2 rings (SSSR count). The largest absolute Gasteiger partial charge is 0.480 e. The van der Waals surface area contributed by atoms with Crippen molar-refractivity contribution >= 4 is 38.9 Å². The van der Waals surface area contributed by atoms with Gasteiger partial charge in [0.1, 0.15) is 11.6 Å². The monoisotopic (exact) mass is 396 g/mol. The Labute approximate surface area is 148 Å². The third-order valence-electron chi connectivity index (χ3n) is 3.59. The summed E-state index contributed by atoms with van der Waals surface area (Å²) in [4.78, 5) is 28.2. The molecule has 1 aromatic heterocycles. The van der Waals surface area contributed by atoms with Crippen molar-refractivity contribution in [3.63, 3.8) is 0 Å². The van der Waals surface area contributed by atoms with Gasteiger partial charge in [-0.1, -0.05) is 18.2 Å². The number of carboxylic acids is 1. The molecule has 130 valence electrons. The number of aromatic amines is 1. The van der Waals surface area contributed by atoms with Gasteiger partial charge in [-0.3, -0.25) is 4.90 Å². The molecule has 0 aliphatic heterocycles. The van der Waals surface area contributed by atoms with Gasteiger partial charge in [-0.15, -0.1) is 0 Å². The molecule has 0 saturated carbocycles. The number of carboxylic acid groups (broad SMARTS) is 1. The van der Waals surface area contributed by atoms with E-state index in [0.29, 0.717) is 4.60 Å². The third kappa shape index (κ3) is 4.08. The van der Waals surface area contributed by atoms with Crippen molar-refractivity contribution in [3.05, 3.63) is 34.4 Å². The molecule has 7 heteroatoms. The number of carbonyl (C=O) groups is 2. The first-order valence-corrected chi connectivity index (χ1v) is 8.33. The van der Waals surface area contributed by atoms with Crippen LogP contribution in [0.3, 0.4) is 0 Å². The first-order valence-electron chi connectivity index (χ1n) is 7.54. The minimum atomic E-state index is -1.08. The highest BCUT2D eigenvalue weighted by molar-refractivity contribution is 9.10. The van der Waals surface area contributed by atoms with Gasteiger partial charge in [-0.25, -0.2) is 9.59 Å². The quantitative estimate of drug-likeness (QED) is 0.823. The number of hydrogen-bond donors (Lipinski definition) is 2. The summed E-state index contributed by atoms with van der Waals surface area (Å²) < 4.78 is 5.99. The van der Waals surface area contributed by atoms with Crippen LogP contribution in [0.5, 0.6) is 0 Å². The van der Waals surface area contributed by atoms with Crippen LogP contribution in [0.15, 0.2) is 28.9 Å². The maximum absolute atomic E-state index is 12.2. The molecule has 0 radical (unpaired) electrons. The number of aromatic nitrogens is 1. The van der Waals surface area contributed by atoms with Crippen molar-refractivity contribution in [1.82, 2.24) is 9.88 Å². The van der Waals surface area contributed by atoms with E-state index in [1.54, 1.807) is 20.8 Å². The van der Waals surface area contributed by atoms with E-state index in [9.17, 15) is 14.7 Å². The van der Waals surface area contributed by atoms with Gasteiger partial charge >= 0.3 is 12.1 Å². The van der Waals surface area contributed by atoms with Gasteiger partial charge in [-0.05, 0) is 48.3 Å². The number of rotatable bonds is 4. The van der Waals surface area contributed by atoms with E-state index in [2.05, 4.69) is 20.9 Å². The minimum absolute atomic E-state index is 0.162. The molecule has 0 spiro atoms. The lowest BCUT2D eigenvalue weighted by molar-refractivity contribution is -0.142. The van der Waals surface area contributed by atoms with Gasteiger partial charge in [0.25, 0.3) is 0 Å². The Balaban J connectivity index is 2.30. The van der Waals surface area contributed by atoms with Crippen molar-refractivity contribution < 1.29 is 19.4 Å². The molecule has 0 saturated heterocycles. The van der Waals surface area contributed by atoms with E-state index in [1.807, 2.05) is 24.3 Å². The van der Waals surface area contributed by atoms with Crippen LogP contribution in [0, 0.1) is 0 Å². The molecule has 1 atom stereocenters. The Morgan fingerprint density at radius 3 is 2.54 bits per heavy atom. The highest BCUT2D eigenvalue weighted by atomic mass is 79.9. The van der Waals surface area contributed by atoms with Crippen molar-refractivity contribution in [2.75, 3.05) is 7.05 Å². The second-order valence-corrected chi connectivity index (χ2v) is 7.41. The number of para-hydroxylation sites is 1. The summed E-state index contributed by atoms with van der Waals surface area (Å²) in [5, 5.41) is 10.5. The lowest BCUT2D eigenvalue weighted by atomic mass is 10.0. The number of carbonyl (C=O) groups excluding carboxylic acids is 1. The molecule has 0 unspecified atom stereocenters. The SMILES string of the molecule is CN(C(=O)OC(C)(C)C)[C@H](Cc1c(Br)[nH]c2ccccc12)C(=O)O. The molecule has 6 nitrogen and oxygen atoms in total. The number of halogens is 1. The summed E-state index contributed by atoms with van der Waals surface area (Å²) in [6.45, 7) is 5.22. The Kier molecular flexibility index (Phi) is 5.22. The van der Waals surface area contributed by atoms with Crippen LogP contribution in [0.4, 0.5) is 4.79 Å². The summed E-state index contributed by atoms with van der Waals surface area (Å²) >= 11 is 3.44. The first kappa shape index (κ1) is 18.3. The number of hydrogen-bond acceptors (Lipinski definition) is 3. The predicted octanol–water partition coefficient (Wildman–Crippen LogP) is 3.79. The van der Waals surface area contributed by atoms with E-state index in [4.69, 9.17) is 4.74 Å². The number of aliphatic carboxylic acids is 1. The highest BCUT2D eigenvalue weighted by Crippen LogP contribution is 2.28. The first-order chi connectivity index (χ1) is 11.1. The van der Waals surface area contributed by atoms with E-state index in [1.165, 1.54) is 7.05 Å². The second-order valence-electron chi connectivity index (χ2n) is 6.61. The predicted molar refractivity (Wildman–Crippen MR) is 95.1 cm³/mol. The summed E-state index contributed by atoms with van der Waals surface area (Å²) in [6, 6.07) is 6.58. The number of nitrogens with zero attached hydrogens (tertiary/aromatic N) is 1. The topological polar surface area (TPSA) is 82.6 Å². The molecule has 24 heavy (non-hydrogen) atoms. The van der Waals surface area contributed by atoms with Crippen molar-refractivity contribution in [1.29, 1.82) is 0 Å². The molecule has 1 amide bonds. The van der Waals surface area contributed by atoms with Crippen LogP contribution >= 0.6 is 15.9 Å². The Bertz CT molecular complexity index is 764. The maximum atomic E-state index is 12.2. The van der Waals surface area contributed by atoms with E-state index >= 15 is 0 Å². The number of ether oxygens (including phenoxy) is 1. The standard InChI is InChI=1S/C17H21BrN2O4/c1-17(2,3)24-16(23)20(4)13(15(21)22)9-11-10-7-5-6-8-12(10)19-14(11)18/h5-8,13,19H,9H2,1-4H3,(H,21,22)/t13-/m1/s1. The number of H-pyrrole nitrogens is 1. The van der Waals surface area contributed by atoms with Gasteiger partial charge in [-0.2, -0.15) is 0 Å². The molecule has 1 aromatic carbocycles. The molecule has 2 aromatic rings. The average molecular weight is 397 g/mol. The van der Waals surface area contributed by atoms with Gasteiger partial charge in [0.2, 0.25) is 0 Å². The molecule has 0 aliphatic carbocycles. The van der Waals surface area contributed by atoms with E-state index in [0.717, 1.165) is 21.4 Å². The van der Waals surface area contributed by atoms with Crippen LogP contribution in [-0.4, -0.2) is 45.7 Å². The molecule has 0 bridgehead atoms. The lowest BCUT2D eigenvalue weighted by Crippen LogP contribution is -2.46. The van der Waals surface area contributed by atoms with Gasteiger partial charge in [0, 0.05) is 24.4 Å². The van der Waals surface area contributed by atoms with Crippen LogP contribution in [-0.2, 0) is 16.0 Å². The second kappa shape index (κ2) is 6.84. The molecule has 2 N–H and O–H groups in total. The van der Waals surface area contributed by atoms with Crippen LogP contribution in [0.2, 0.25) is 0 Å². The van der Waals surface area contributed by atoms with E-state index < -0.39 is 23.7 Å². The number of amides is 1. The Morgan fingerprint density at radius 1 is 1.33 bits per heavy atom. The number of benzene rings is 1. The Hall–Kier alpha value is -2.02. The highest BCUT2D eigenvalue weighted by Gasteiger charge is 2.31. The zero-order valence-corrected chi connectivity index (χ0v) is 15.7. The zero-order valence-electron chi connectivity index (χ0n) is 14.1. The lowest BCUT2D eigenvalue weighted by Gasteiger charge is -2.28. The van der Waals surface area contributed by atoms with E-state index in [-0.39, 0.29) is 6.42 Å². The molecule has 0 fully saturated rings. The zero-order chi connectivity index (χ0) is 18.1. The molecule has 1 heterocycles. The van der Waals surface area contributed by atoms with Gasteiger partial charge in [0.15, 0.2) is 0 Å². The van der Waals surface area contributed by atoms with Crippen molar-refractivity contribution in [2.24, 2.45) is 0 Å². The third-order valence-corrected chi connectivity index (χ3v) is 4.27. The van der Waals surface area contributed by atoms with Crippen LogP contribution < -0.4 is 0 Å². The maximum Gasteiger partial charge on any atom is 0.410 e. The fraction of sp³-hybridized carbons (Fsp3) is 0.412. The summed E-state index contributed by atoms with van der Waals surface area (Å²) in [5.74, 6) is -1.08. The number of likely N-dealkylation sites (N-methyl/N-ethyl adjacent to an activating group) is 1. The van der Waals surface area contributed by atoms with Crippen LogP contribution in [0.25, 0.3) is 10.9 Å². The van der Waals surface area contributed by atoms with Crippen molar-refractivity contribution in [3.8, 4) is 0 Å². The fourth-order valence-corrected chi connectivity index (χ4v) is 3.00. The molecular weight excluding hydrogens is 376 g/mol. The molecular formula is C17H21BrN2O4. The normalized spacial score (nSPS) is 12.9. The fourth-order valence-electron chi connectivity index (χ4n) is 2.41. The Morgan fingerprint density at radius 2 is 1.96 bits per heavy atom. The van der Waals surface area contributed by atoms with Crippen LogP contribution in [0.1, 0.15) is 26.3 Å². The summed E-state index contributed by atoms with van der Waals surface area (Å²) in [6.07, 6.45) is -0.499. The number of nitrogens with one attached hydrogen (secondary N) is 1. The summed E-state index contributed by atoms with van der Waals surface area (Å²) in [7, 11) is 1.44. The molecule has 0 aliphatic rings.